The number of rotatable bonds is 8. The molecule has 1 saturated heterocycles. The maximum Gasteiger partial charge on any atom is 0.240 e. The van der Waals surface area contributed by atoms with Crippen LogP contribution >= 0.6 is 23.1 Å². The van der Waals surface area contributed by atoms with Crippen molar-refractivity contribution in [3.05, 3.63) is 36.0 Å². The van der Waals surface area contributed by atoms with E-state index in [1.54, 1.807) is 11.8 Å². The summed E-state index contributed by atoms with van der Waals surface area (Å²) < 4.78 is 2.87. The highest BCUT2D eigenvalue weighted by Gasteiger charge is 2.27. The summed E-state index contributed by atoms with van der Waals surface area (Å²) in [6.45, 7) is 5.68. The molecule has 0 spiro atoms. The molecule has 7 rings (SSSR count). The van der Waals surface area contributed by atoms with Crippen LogP contribution in [0.3, 0.4) is 0 Å². The largest absolute Gasteiger partial charge is 0.301 e. The van der Waals surface area contributed by atoms with Crippen molar-refractivity contribution in [2.75, 3.05) is 44.6 Å². The highest BCUT2D eigenvalue weighted by atomic mass is 32.2. The van der Waals surface area contributed by atoms with Gasteiger partial charge < -0.3 is 10.2 Å². The number of aromatic nitrogens is 5. The highest BCUT2D eigenvalue weighted by molar-refractivity contribution is 7.99. The molecule has 11 heteroatoms. The number of anilines is 1. The smallest absolute Gasteiger partial charge is 0.240 e. The standard InChI is InChI=1S/C25H28N8OS2/c34-23(15-32-11-9-31(10-12-32)14-16-1-2-16)27-24-26-20-6-5-18(13-21(20)36-24)35-25-29-28-22-8-7-19(17-3-4-17)30-33(22)25/h5-8,13,16-17H,1-4,9-12,14-15H2,(H,26,27,34). The van der Waals surface area contributed by atoms with E-state index in [0.29, 0.717) is 17.6 Å². The van der Waals surface area contributed by atoms with E-state index in [1.165, 1.54) is 43.6 Å². The molecule has 2 saturated carbocycles. The van der Waals surface area contributed by atoms with Crippen LogP contribution in [0.25, 0.3) is 15.9 Å². The Bertz CT molecular complexity index is 1420. The van der Waals surface area contributed by atoms with Crippen molar-refractivity contribution in [3.63, 3.8) is 0 Å². The van der Waals surface area contributed by atoms with E-state index in [4.69, 9.17) is 5.10 Å². The van der Waals surface area contributed by atoms with E-state index < -0.39 is 0 Å². The zero-order chi connectivity index (χ0) is 24.1. The van der Waals surface area contributed by atoms with Crippen LogP contribution in [0.1, 0.15) is 37.3 Å². The summed E-state index contributed by atoms with van der Waals surface area (Å²) in [5.74, 6) is 1.51. The minimum Gasteiger partial charge on any atom is -0.301 e. The third-order valence-electron chi connectivity index (χ3n) is 7.11. The summed E-state index contributed by atoms with van der Waals surface area (Å²) in [6.07, 6.45) is 5.20. The van der Waals surface area contributed by atoms with Crippen LogP contribution in [-0.4, -0.2) is 79.8 Å². The van der Waals surface area contributed by atoms with E-state index in [2.05, 4.69) is 42.4 Å². The van der Waals surface area contributed by atoms with Crippen molar-refractivity contribution in [2.24, 2.45) is 5.92 Å². The van der Waals surface area contributed by atoms with E-state index in [0.717, 1.165) is 63.7 Å². The van der Waals surface area contributed by atoms with Crippen LogP contribution in [0.5, 0.6) is 0 Å². The zero-order valence-corrected chi connectivity index (χ0v) is 21.6. The third-order valence-corrected chi connectivity index (χ3v) is 8.97. The lowest BCUT2D eigenvalue weighted by Gasteiger charge is -2.34. The maximum atomic E-state index is 12.7. The van der Waals surface area contributed by atoms with Gasteiger partial charge in [-0.25, -0.2) is 4.98 Å². The summed E-state index contributed by atoms with van der Waals surface area (Å²) in [4.78, 5) is 23.1. The van der Waals surface area contributed by atoms with Crippen molar-refractivity contribution < 1.29 is 4.79 Å². The summed E-state index contributed by atoms with van der Waals surface area (Å²) >= 11 is 3.05. The molecule has 9 nitrogen and oxygen atoms in total. The highest BCUT2D eigenvalue weighted by Crippen LogP contribution is 2.39. The second kappa shape index (κ2) is 9.37. The predicted molar refractivity (Wildman–Crippen MR) is 141 cm³/mol. The van der Waals surface area contributed by atoms with Gasteiger partial charge in [0.1, 0.15) is 0 Å². The first-order valence-corrected chi connectivity index (χ1v) is 14.3. The Hall–Kier alpha value is -2.60. The molecule has 36 heavy (non-hydrogen) atoms. The number of fused-ring (bicyclic) bond motifs is 2. The van der Waals surface area contributed by atoms with Crippen LogP contribution in [-0.2, 0) is 4.79 Å². The minimum atomic E-state index is 0.00627. The number of hydrogen-bond donors (Lipinski definition) is 1. The first-order valence-electron chi connectivity index (χ1n) is 12.7. The zero-order valence-electron chi connectivity index (χ0n) is 20.0. The Morgan fingerprint density at radius 1 is 1.03 bits per heavy atom. The van der Waals surface area contributed by atoms with Crippen molar-refractivity contribution in [1.29, 1.82) is 0 Å². The van der Waals surface area contributed by atoms with Crippen molar-refractivity contribution in [3.8, 4) is 0 Å². The lowest BCUT2D eigenvalue weighted by atomic mass is 10.3. The molecule has 1 aromatic carbocycles. The summed E-state index contributed by atoms with van der Waals surface area (Å²) in [5, 5.41) is 17.8. The fourth-order valence-electron chi connectivity index (χ4n) is 4.73. The molecule has 0 radical (unpaired) electrons. The van der Waals surface area contributed by atoms with Gasteiger partial charge >= 0.3 is 0 Å². The molecule has 1 N–H and O–H groups in total. The molecule has 4 aromatic rings. The monoisotopic (exact) mass is 520 g/mol. The van der Waals surface area contributed by atoms with Crippen LogP contribution in [0.4, 0.5) is 5.13 Å². The van der Waals surface area contributed by atoms with Crippen LogP contribution < -0.4 is 5.32 Å². The number of amides is 1. The normalized spacial score (nSPS) is 19.3. The number of thiazole rings is 1. The predicted octanol–water partition coefficient (Wildman–Crippen LogP) is 3.73. The topological polar surface area (TPSA) is 91.5 Å². The first kappa shape index (κ1) is 22.6. The number of nitrogens with zero attached hydrogens (tertiary/aromatic N) is 7. The average Bonchev–Trinajstić information content (AvgIpc) is 3.81. The van der Waals surface area contributed by atoms with Crippen LogP contribution in [0, 0.1) is 5.92 Å². The Balaban J connectivity index is 0.991. The van der Waals surface area contributed by atoms with Gasteiger partial charge in [-0.2, -0.15) is 9.61 Å². The van der Waals surface area contributed by atoms with Gasteiger partial charge in [0, 0.05) is 43.5 Å². The molecule has 3 aromatic heterocycles. The minimum absolute atomic E-state index is 0.00627. The lowest BCUT2D eigenvalue weighted by Crippen LogP contribution is -2.49. The Labute approximate surface area is 217 Å². The van der Waals surface area contributed by atoms with Gasteiger partial charge in [0.2, 0.25) is 11.1 Å². The number of piperazine rings is 1. The van der Waals surface area contributed by atoms with Gasteiger partial charge in [-0.1, -0.05) is 11.3 Å². The second-order valence-corrected chi connectivity index (χ2v) is 12.2. The number of carbonyl (C=O) groups excluding carboxylic acids is 1. The lowest BCUT2D eigenvalue weighted by molar-refractivity contribution is -0.117. The fourth-order valence-corrected chi connectivity index (χ4v) is 6.55. The van der Waals surface area contributed by atoms with E-state index in [9.17, 15) is 4.79 Å². The first-order chi connectivity index (χ1) is 17.7. The number of nitrogens with one attached hydrogen (secondary N) is 1. The molecule has 0 atom stereocenters. The molecular formula is C25H28N8OS2. The fraction of sp³-hybridized carbons (Fsp3) is 0.480. The van der Waals surface area contributed by atoms with Gasteiger partial charge in [-0.3, -0.25) is 9.69 Å². The number of carbonyl (C=O) groups is 1. The second-order valence-electron chi connectivity index (χ2n) is 10.1. The van der Waals surface area contributed by atoms with E-state index >= 15 is 0 Å². The number of benzene rings is 1. The Kier molecular flexibility index (Phi) is 5.88. The van der Waals surface area contributed by atoms with Gasteiger partial charge in [-0.05, 0) is 73.7 Å². The Morgan fingerprint density at radius 2 is 1.86 bits per heavy atom. The third kappa shape index (κ3) is 4.97. The molecule has 3 aliphatic rings. The number of hydrogen-bond acceptors (Lipinski definition) is 9. The molecule has 4 heterocycles. The van der Waals surface area contributed by atoms with Crippen molar-refractivity contribution in [1.82, 2.24) is 34.6 Å². The molecule has 2 aliphatic carbocycles. The molecule has 1 aliphatic heterocycles. The van der Waals surface area contributed by atoms with E-state index in [1.807, 2.05) is 22.7 Å². The maximum absolute atomic E-state index is 12.7. The molecular weight excluding hydrogens is 492 g/mol. The van der Waals surface area contributed by atoms with Crippen LogP contribution in [0.15, 0.2) is 40.4 Å². The molecule has 186 valence electrons. The molecule has 1 amide bonds. The van der Waals surface area contributed by atoms with Gasteiger partial charge in [0.25, 0.3) is 0 Å². The van der Waals surface area contributed by atoms with Gasteiger partial charge in [0.05, 0.1) is 22.5 Å². The van der Waals surface area contributed by atoms with Crippen molar-refractivity contribution >= 4 is 50.0 Å². The average molecular weight is 521 g/mol. The summed E-state index contributed by atoms with van der Waals surface area (Å²) in [6, 6.07) is 10.2. The molecule has 0 unspecified atom stereocenters. The quantitative estimate of drug-likeness (QED) is 0.376. The molecule has 0 bridgehead atoms. The van der Waals surface area contributed by atoms with Gasteiger partial charge in [-0.15, -0.1) is 10.2 Å². The SMILES string of the molecule is O=C(CN1CCN(CC2CC2)CC1)Nc1nc2ccc(Sc3nnc4ccc(C5CC5)nn34)cc2s1. The summed E-state index contributed by atoms with van der Waals surface area (Å²) in [7, 11) is 0. The van der Waals surface area contributed by atoms with Gasteiger partial charge in [0.15, 0.2) is 10.8 Å². The Morgan fingerprint density at radius 3 is 2.67 bits per heavy atom. The van der Waals surface area contributed by atoms with Crippen LogP contribution in [0.2, 0.25) is 0 Å². The van der Waals surface area contributed by atoms with Crippen molar-refractivity contribution in [2.45, 2.75) is 41.7 Å². The van der Waals surface area contributed by atoms with E-state index in [-0.39, 0.29) is 5.91 Å². The molecule has 3 fully saturated rings. The summed E-state index contributed by atoms with van der Waals surface area (Å²) in [5.41, 5.74) is 2.76.